The molecule has 5 rings (SSSR count). The smallest absolute Gasteiger partial charge is 0.147 e. The summed E-state index contributed by atoms with van der Waals surface area (Å²) in [6.45, 7) is 8.20. The van der Waals surface area contributed by atoms with Gasteiger partial charge < -0.3 is 15.0 Å². The van der Waals surface area contributed by atoms with Crippen molar-refractivity contribution in [3.05, 3.63) is 23.1 Å². The fraction of sp³-hybridized carbons (Fsp3) is 0.591. The molecule has 29 heavy (non-hydrogen) atoms. The van der Waals surface area contributed by atoms with Crippen molar-refractivity contribution in [2.45, 2.75) is 45.4 Å². The van der Waals surface area contributed by atoms with E-state index in [-0.39, 0.29) is 0 Å². The van der Waals surface area contributed by atoms with Gasteiger partial charge in [0.25, 0.3) is 0 Å². The first-order valence-corrected chi connectivity index (χ1v) is 11.9. The van der Waals surface area contributed by atoms with Gasteiger partial charge in [0.05, 0.1) is 36.5 Å². The van der Waals surface area contributed by atoms with E-state index >= 15 is 0 Å². The van der Waals surface area contributed by atoms with Gasteiger partial charge >= 0.3 is 0 Å². The van der Waals surface area contributed by atoms with Crippen LogP contribution in [-0.2, 0) is 24.0 Å². The second-order valence-electron chi connectivity index (χ2n) is 8.19. The lowest BCUT2D eigenvalue weighted by Gasteiger charge is -2.23. The maximum absolute atomic E-state index is 5.46. The Kier molecular flexibility index (Phi) is 5.61. The standard InChI is InChI=1S/C22H29N5OS/c1-2-5-17-15-6-3-4-7-16(15)18-19-20(29-22(18)26-17)21(25-14-24-19)23-8-9-27-10-12-28-13-11-27/h14H,2-13H2,1H3,(H,23,24,25)/p+1. The van der Waals surface area contributed by atoms with Crippen LogP contribution in [0.25, 0.3) is 20.4 Å². The zero-order valence-corrected chi connectivity index (χ0v) is 18.0. The van der Waals surface area contributed by atoms with Gasteiger partial charge in [-0.1, -0.05) is 13.3 Å². The molecular formula is C22H30N5OS+. The van der Waals surface area contributed by atoms with Crippen LogP contribution in [-0.4, -0.2) is 54.3 Å². The van der Waals surface area contributed by atoms with Crippen LogP contribution < -0.4 is 10.2 Å². The number of thiophene rings is 1. The molecule has 3 aromatic heterocycles. The highest BCUT2D eigenvalue weighted by Gasteiger charge is 2.23. The molecule has 0 saturated carbocycles. The van der Waals surface area contributed by atoms with Crippen molar-refractivity contribution >= 4 is 37.6 Å². The molecule has 0 aromatic carbocycles. The summed E-state index contributed by atoms with van der Waals surface area (Å²) in [5.41, 5.74) is 5.43. The Labute approximate surface area is 175 Å². The predicted molar refractivity (Wildman–Crippen MR) is 118 cm³/mol. The molecule has 2 N–H and O–H groups in total. The molecule has 7 heteroatoms. The maximum Gasteiger partial charge on any atom is 0.147 e. The first-order valence-electron chi connectivity index (χ1n) is 11.1. The number of aryl methyl sites for hydroxylation is 2. The van der Waals surface area contributed by atoms with E-state index in [1.807, 2.05) is 0 Å². The fourth-order valence-corrected chi connectivity index (χ4v) is 5.92. The van der Waals surface area contributed by atoms with Gasteiger partial charge in [-0.2, -0.15) is 0 Å². The first kappa shape index (κ1) is 19.2. The molecule has 1 fully saturated rings. The number of fused-ring (bicyclic) bond motifs is 5. The SMILES string of the molecule is CCCc1nc2sc3c(NCC[NH+]4CCOCC4)ncnc3c2c2c1CCCC2. The zero-order valence-electron chi connectivity index (χ0n) is 17.2. The van der Waals surface area contributed by atoms with Crippen molar-refractivity contribution in [1.29, 1.82) is 0 Å². The van der Waals surface area contributed by atoms with E-state index in [0.717, 1.165) is 79.5 Å². The summed E-state index contributed by atoms with van der Waals surface area (Å²) >= 11 is 1.76. The number of hydrogen-bond donors (Lipinski definition) is 2. The van der Waals surface area contributed by atoms with Crippen molar-refractivity contribution in [3.63, 3.8) is 0 Å². The number of hydrogen-bond acceptors (Lipinski definition) is 6. The van der Waals surface area contributed by atoms with E-state index in [1.165, 1.54) is 41.5 Å². The van der Waals surface area contributed by atoms with Gasteiger partial charge in [0.15, 0.2) is 0 Å². The number of aromatic nitrogens is 3. The first-order chi connectivity index (χ1) is 14.3. The second kappa shape index (κ2) is 8.50. The Bertz CT molecular complexity index is 1010. The molecular weight excluding hydrogens is 382 g/mol. The molecule has 0 unspecified atom stereocenters. The van der Waals surface area contributed by atoms with Gasteiger partial charge in [-0.05, 0) is 43.2 Å². The summed E-state index contributed by atoms with van der Waals surface area (Å²) < 4.78 is 6.62. The lowest BCUT2D eigenvalue weighted by molar-refractivity contribution is -0.906. The van der Waals surface area contributed by atoms with Crippen LogP contribution in [0, 0.1) is 0 Å². The lowest BCUT2D eigenvalue weighted by Crippen LogP contribution is -3.14. The fourth-order valence-electron chi connectivity index (χ4n) is 4.78. The molecule has 154 valence electrons. The van der Waals surface area contributed by atoms with Crippen LogP contribution in [0.2, 0.25) is 0 Å². The third-order valence-corrected chi connectivity index (χ3v) is 7.34. The van der Waals surface area contributed by atoms with Crippen LogP contribution >= 0.6 is 11.3 Å². The Morgan fingerprint density at radius 1 is 1.14 bits per heavy atom. The second-order valence-corrected chi connectivity index (χ2v) is 9.19. The molecule has 1 saturated heterocycles. The highest BCUT2D eigenvalue weighted by molar-refractivity contribution is 7.26. The zero-order chi connectivity index (χ0) is 19.6. The van der Waals surface area contributed by atoms with Gasteiger partial charge in [0, 0.05) is 11.1 Å². The van der Waals surface area contributed by atoms with Crippen LogP contribution in [0.15, 0.2) is 6.33 Å². The molecule has 1 aliphatic heterocycles. The van der Waals surface area contributed by atoms with E-state index < -0.39 is 0 Å². The van der Waals surface area contributed by atoms with Crippen molar-refractivity contribution in [1.82, 2.24) is 15.0 Å². The molecule has 0 amide bonds. The molecule has 0 spiro atoms. The van der Waals surface area contributed by atoms with Crippen molar-refractivity contribution in [2.75, 3.05) is 44.7 Å². The molecule has 6 nitrogen and oxygen atoms in total. The van der Waals surface area contributed by atoms with Crippen molar-refractivity contribution in [3.8, 4) is 0 Å². The summed E-state index contributed by atoms with van der Waals surface area (Å²) in [6.07, 6.45) is 8.82. The van der Waals surface area contributed by atoms with Crippen molar-refractivity contribution < 1.29 is 9.64 Å². The molecule has 1 aliphatic carbocycles. The van der Waals surface area contributed by atoms with E-state index in [0.29, 0.717) is 0 Å². The summed E-state index contributed by atoms with van der Waals surface area (Å²) in [5, 5.41) is 4.88. The van der Waals surface area contributed by atoms with E-state index in [4.69, 9.17) is 14.7 Å². The van der Waals surface area contributed by atoms with Crippen LogP contribution in [0.4, 0.5) is 5.82 Å². The molecule has 3 aromatic rings. The molecule has 0 radical (unpaired) electrons. The predicted octanol–water partition coefficient (Wildman–Crippen LogP) is 2.40. The number of pyridine rings is 1. The van der Waals surface area contributed by atoms with Crippen LogP contribution in [0.5, 0.6) is 0 Å². The number of nitrogens with one attached hydrogen (secondary N) is 2. The largest absolute Gasteiger partial charge is 0.370 e. The maximum atomic E-state index is 5.46. The molecule has 2 aliphatic rings. The normalized spacial score (nSPS) is 17.7. The summed E-state index contributed by atoms with van der Waals surface area (Å²) in [6, 6.07) is 0. The Morgan fingerprint density at radius 2 is 1.97 bits per heavy atom. The van der Waals surface area contributed by atoms with Gasteiger partial charge in [0.1, 0.15) is 30.1 Å². The van der Waals surface area contributed by atoms with E-state index in [9.17, 15) is 0 Å². The third-order valence-electron chi connectivity index (χ3n) is 6.27. The number of ether oxygens (including phenoxy) is 1. The summed E-state index contributed by atoms with van der Waals surface area (Å²) in [5.74, 6) is 0.965. The average Bonchev–Trinajstić information content (AvgIpc) is 3.14. The number of anilines is 1. The summed E-state index contributed by atoms with van der Waals surface area (Å²) in [4.78, 5) is 17.2. The van der Waals surface area contributed by atoms with E-state index in [1.54, 1.807) is 22.6 Å². The van der Waals surface area contributed by atoms with E-state index in [2.05, 4.69) is 17.2 Å². The monoisotopic (exact) mass is 412 g/mol. The number of rotatable bonds is 6. The Balaban J connectivity index is 1.49. The van der Waals surface area contributed by atoms with Gasteiger partial charge in [0.2, 0.25) is 0 Å². The number of quaternary nitrogens is 1. The van der Waals surface area contributed by atoms with Crippen LogP contribution in [0.3, 0.4) is 0 Å². The molecule has 4 heterocycles. The number of morpholine rings is 1. The lowest BCUT2D eigenvalue weighted by atomic mass is 9.88. The minimum absolute atomic E-state index is 0.875. The van der Waals surface area contributed by atoms with Crippen LogP contribution in [0.1, 0.15) is 43.0 Å². The third kappa shape index (κ3) is 3.71. The van der Waals surface area contributed by atoms with Gasteiger partial charge in [-0.3, -0.25) is 0 Å². The highest BCUT2D eigenvalue weighted by atomic mass is 32.1. The topological polar surface area (TPSA) is 64.4 Å². The average molecular weight is 413 g/mol. The minimum Gasteiger partial charge on any atom is -0.370 e. The minimum atomic E-state index is 0.875. The van der Waals surface area contributed by atoms with Gasteiger partial charge in [-0.15, -0.1) is 11.3 Å². The van der Waals surface area contributed by atoms with Gasteiger partial charge in [-0.25, -0.2) is 15.0 Å². The number of nitrogens with zero attached hydrogens (tertiary/aromatic N) is 3. The Morgan fingerprint density at radius 3 is 2.79 bits per heavy atom. The highest BCUT2D eigenvalue weighted by Crippen LogP contribution is 2.40. The van der Waals surface area contributed by atoms with Crippen molar-refractivity contribution in [2.24, 2.45) is 0 Å². The molecule has 0 bridgehead atoms. The summed E-state index contributed by atoms with van der Waals surface area (Å²) in [7, 11) is 0. The quantitative estimate of drug-likeness (QED) is 0.651. The molecule has 0 atom stereocenters. The Hall–Kier alpha value is -1.83.